The molecule has 1 unspecified atom stereocenters. The van der Waals surface area contributed by atoms with Crippen LogP contribution in [0.3, 0.4) is 0 Å². The van der Waals surface area contributed by atoms with Gasteiger partial charge in [-0.05, 0) is 0 Å². The van der Waals surface area contributed by atoms with Crippen LogP contribution in [0.5, 0.6) is 11.5 Å². The molecule has 1 amide bonds. The summed E-state index contributed by atoms with van der Waals surface area (Å²) >= 11 is 0. The highest BCUT2D eigenvalue weighted by Gasteiger charge is 2.41. The zero-order chi connectivity index (χ0) is 16.7. The molecule has 1 saturated heterocycles. The number of hydrogen-bond donors (Lipinski definition) is 1. The Kier molecular flexibility index (Phi) is 3.36. The van der Waals surface area contributed by atoms with Gasteiger partial charge in [0.1, 0.15) is 11.6 Å². The van der Waals surface area contributed by atoms with Gasteiger partial charge < -0.3 is 19.5 Å². The minimum absolute atomic E-state index is 0.125. The van der Waals surface area contributed by atoms with E-state index in [2.05, 4.69) is 0 Å². The van der Waals surface area contributed by atoms with Gasteiger partial charge in [0.2, 0.25) is 6.79 Å². The van der Waals surface area contributed by atoms with E-state index in [1.165, 1.54) is 0 Å². The summed E-state index contributed by atoms with van der Waals surface area (Å²) in [7, 11) is 0. The lowest BCUT2D eigenvalue weighted by Gasteiger charge is -2.20. The maximum absolute atomic E-state index is 12.5. The number of carboxylic acid groups (broad SMARTS) is 1. The molecule has 120 valence electrons. The molecule has 0 saturated carbocycles. The summed E-state index contributed by atoms with van der Waals surface area (Å²) in [6.07, 6.45) is -0.320. The Labute approximate surface area is 128 Å². The number of amides is 1. The van der Waals surface area contributed by atoms with Gasteiger partial charge >= 0.3 is 5.97 Å². The summed E-state index contributed by atoms with van der Waals surface area (Å²) in [4.78, 5) is 46.4. The third kappa shape index (κ3) is 2.43. The van der Waals surface area contributed by atoms with Crippen LogP contribution in [0.2, 0.25) is 0 Å². The Morgan fingerprint density at radius 2 is 1.96 bits per heavy atom. The molecule has 0 spiro atoms. The predicted molar refractivity (Wildman–Crippen MR) is 71.3 cm³/mol. The van der Waals surface area contributed by atoms with Crippen LogP contribution < -0.4 is 9.47 Å². The van der Waals surface area contributed by atoms with Crippen molar-refractivity contribution in [2.75, 3.05) is 13.3 Å². The van der Waals surface area contributed by atoms with Gasteiger partial charge in [-0.3, -0.25) is 19.7 Å². The molecule has 10 nitrogen and oxygen atoms in total. The number of carbonyl (C=O) groups excluding carboxylic acids is 2. The van der Waals surface area contributed by atoms with Crippen LogP contribution in [0.4, 0.5) is 5.69 Å². The number of ketones is 1. The standard InChI is InChI=1S/C13H10N2O8/c16-6-1-9(13(18)19)14(4-6)12(17)7-2-10-11(23-5-22-10)3-8(7)15(20)21/h2-3,9H,1,4-5H2,(H,18,19). The minimum atomic E-state index is -1.34. The van der Waals surface area contributed by atoms with Gasteiger partial charge in [-0.25, -0.2) is 4.79 Å². The van der Waals surface area contributed by atoms with E-state index in [0.29, 0.717) is 0 Å². The SMILES string of the molecule is O=C1CC(C(=O)O)N(C(=O)c2cc3c(cc2[N+](=O)[O-])OCO3)C1. The van der Waals surface area contributed by atoms with E-state index in [1.807, 2.05) is 0 Å². The second kappa shape index (κ2) is 5.23. The van der Waals surface area contributed by atoms with Crippen LogP contribution in [0.15, 0.2) is 12.1 Å². The predicted octanol–water partition coefficient (Wildman–Crippen LogP) is 0.192. The summed E-state index contributed by atoms with van der Waals surface area (Å²) in [6.45, 7) is -0.536. The second-order valence-corrected chi connectivity index (χ2v) is 5.01. The molecule has 3 rings (SSSR count). The molecule has 1 N–H and O–H groups in total. The van der Waals surface area contributed by atoms with Crippen molar-refractivity contribution < 1.29 is 33.9 Å². The molecule has 0 radical (unpaired) electrons. The van der Waals surface area contributed by atoms with Gasteiger partial charge in [0.25, 0.3) is 11.6 Å². The fourth-order valence-corrected chi connectivity index (χ4v) is 2.53. The topological polar surface area (TPSA) is 136 Å². The quantitative estimate of drug-likeness (QED) is 0.615. The number of carboxylic acids is 1. The first-order valence-electron chi connectivity index (χ1n) is 6.52. The molecule has 1 atom stereocenters. The van der Waals surface area contributed by atoms with E-state index in [-0.39, 0.29) is 30.3 Å². The largest absolute Gasteiger partial charge is 0.480 e. The number of nitro benzene ring substituents is 1. The number of nitrogens with zero attached hydrogens (tertiary/aromatic N) is 2. The molecule has 23 heavy (non-hydrogen) atoms. The lowest BCUT2D eigenvalue weighted by molar-refractivity contribution is -0.385. The molecule has 0 aromatic heterocycles. The summed E-state index contributed by atoms with van der Waals surface area (Å²) in [5, 5.41) is 20.3. The maximum Gasteiger partial charge on any atom is 0.326 e. The van der Waals surface area contributed by atoms with Gasteiger partial charge in [0.05, 0.1) is 17.5 Å². The van der Waals surface area contributed by atoms with Gasteiger partial charge in [0.15, 0.2) is 17.3 Å². The Balaban J connectivity index is 2.03. The number of fused-ring (bicyclic) bond motifs is 1. The molecule has 2 heterocycles. The molecule has 2 aliphatic rings. The second-order valence-electron chi connectivity index (χ2n) is 5.01. The number of hydrogen-bond acceptors (Lipinski definition) is 7. The summed E-state index contributed by atoms with van der Waals surface area (Å²) < 4.78 is 10.1. The van der Waals surface area contributed by atoms with Crippen LogP contribution in [0.1, 0.15) is 16.8 Å². The van der Waals surface area contributed by atoms with Crippen molar-refractivity contribution in [2.45, 2.75) is 12.5 Å². The van der Waals surface area contributed by atoms with E-state index < -0.39 is 40.9 Å². The van der Waals surface area contributed by atoms with E-state index in [4.69, 9.17) is 14.6 Å². The number of carbonyl (C=O) groups is 3. The molecular formula is C13H10N2O8. The van der Waals surface area contributed by atoms with Crippen LogP contribution in [-0.2, 0) is 9.59 Å². The van der Waals surface area contributed by atoms with Gasteiger partial charge in [-0.2, -0.15) is 0 Å². The molecule has 0 aliphatic carbocycles. The number of ether oxygens (including phenoxy) is 2. The fourth-order valence-electron chi connectivity index (χ4n) is 2.53. The number of Topliss-reactive ketones (excluding diaryl/α,β-unsaturated/α-hetero) is 1. The lowest BCUT2D eigenvalue weighted by Crippen LogP contribution is -2.40. The number of benzene rings is 1. The Morgan fingerprint density at radius 3 is 2.57 bits per heavy atom. The first-order chi connectivity index (χ1) is 10.9. The third-order valence-electron chi connectivity index (χ3n) is 3.61. The summed E-state index contributed by atoms with van der Waals surface area (Å²) in [5.74, 6) is -2.40. The Bertz CT molecular complexity index is 744. The monoisotopic (exact) mass is 322 g/mol. The van der Waals surface area contributed by atoms with E-state index in [0.717, 1.165) is 17.0 Å². The number of nitro groups is 1. The van der Waals surface area contributed by atoms with Crippen LogP contribution in [0, 0.1) is 10.1 Å². The highest BCUT2D eigenvalue weighted by Crippen LogP contribution is 2.38. The number of aliphatic carboxylic acids is 1. The first-order valence-corrected chi connectivity index (χ1v) is 6.52. The zero-order valence-corrected chi connectivity index (χ0v) is 11.6. The van der Waals surface area contributed by atoms with Gasteiger partial charge in [0, 0.05) is 12.5 Å². The van der Waals surface area contributed by atoms with E-state index in [1.54, 1.807) is 0 Å². The van der Waals surface area contributed by atoms with Crippen LogP contribution in [0.25, 0.3) is 0 Å². The molecule has 10 heteroatoms. The number of rotatable bonds is 3. The normalized spacial score (nSPS) is 19.0. The Hall–Kier alpha value is -3.17. The molecule has 1 aromatic rings. The van der Waals surface area contributed by atoms with E-state index in [9.17, 15) is 24.5 Å². The minimum Gasteiger partial charge on any atom is -0.480 e. The average molecular weight is 322 g/mol. The van der Waals surface area contributed by atoms with Crippen LogP contribution >= 0.6 is 0 Å². The molecule has 2 aliphatic heterocycles. The van der Waals surface area contributed by atoms with Crippen molar-refractivity contribution in [3.05, 3.63) is 27.8 Å². The van der Waals surface area contributed by atoms with Crippen molar-refractivity contribution >= 4 is 23.3 Å². The maximum atomic E-state index is 12.5. The number of likely N-dealkylation sites (tertiary alicyclic amines) is 1. The molecule has 0 bridgehead atoms. The van der Waals surface area contributed by atoms with Crippen molar-refractivity contribution in [1.29, 1.82) is 0 Å². The lowest BCUT2D eigenvalue weighted by atomic mass is 10.1. The average Bonchev–Trinajstić information content (AvgIpc) is 3.10. The van der Waals surface area contributed by atoms with Crippen molar-refractivity contribution in [3.63, 3.8) is 0 Å². The highest BCUT2D eigenvalue weighted by atomic mass is 16.7. The van der Waals surface area contributed by atoms with Crippen molar-refractivity contribution in [2.24, 2.45) is 0 Å². The third-order valence-corrected chi connectivity index (χ3v) is 3.61. The van der Waals surface area contributed by atoms with Crippen LogP contribution in [-0.4, -0.2) is 52.0 Å². The fraction of sp³-hybridized carbons (Fsp3) is 0.308. The summed E-state index contributed by atoms with van der Waals surface area (Å²) in [6, 6.07) is 0.841. The zero-order valence-electron chi connectivity index (χ0n) is 11.6. The first kappa shape index (κ1) is 14.8. The van der Waals surface area contributed by atoms with Gasteiger partial charge in [-0.1, -0.05) is 0 Å². The van der Waals surface area contributed by atoms with Crippen molar-refractivity contribution in [1.82, 2.24) is 4.90 Å². The molecule has 1 aromatic carbocycles. The smallest absolute Gasteiger partial charge is 0.326 e. The van der Waals surface area contributed by atoms with Crippen molar-refractivity contribution in [3.8, 4) is 11.5 Å². The van der Waals surface area contributed by atoms with Gasteiger partial charge in [-0.15, -0.1) is 0 Å². The molecular weight excluding hydrogens is 312 g/mol. The molecule has 1 fully saturated rings. The Morgan fingerprint density at radius 1 is 1.30 bits per heavy atom. The van der Waals surface area contributed by atoms with E-state index >= 15 is 0 Å². The summed E-state index contributed by atoms with van der Waals surface area (Å²) in [5.41, 5.74) is -0.886. The highest BCUT2D eigenvalue weighted by molar-refractivity contribution is 6.05.